The van der Waals surface area contributed by atoms with Crippen molar-refractivity contribution < 1.29 is 19.8 Å². The van der Waals surface area contributed by atoms with Gasteiger partial charge in [0.2, 0.25) is 0 Å². The molecule has 0 radical (unpaired) electrons. The van der Waals surface area contributed by atoms with E-state index in [2.05, 4.69) is 0 Å². The van der Waals surface area contributed by atoms with E-state index in [-0.39, 0.29) is 30.8 Å². The van der Waals surface area contributed by atoms with Crippen molar-refractivity contribution in [3.63, 3.8) is 0 Å². The minimum Gasteiger partial charge on any atom is -0.508 e. The minimum atomic E-state index is -0.913. The average Bonchev–Trinajstić information content (AvgIpc) is 3.22. The lowest BCUT2D eigenvalue weighted by Crippen LogP contribution is -2.43. The SMILES string of the molecule is CN(C(=O)N(CCC(=O)O)C1CC1)c1cccc(O)c1. The predicted octanol–water partition coefficient (Wildman–Crippen LogP) is 1.89. The highest BCUT2D eigenvalue weighted by Crippen LogP contribution is 2.29. The summed E-state index contributed by atoms with van der Waals surface area (Å²) < 4.78 is 0. The van der Waals surface area contributed by atoms with Crippen molar-refractivity contribution in [1.29, 1.82) is 0 Å². The van der Waals surface area contributed by atoms with Gasteiger partial charge in [0.25, 0.3) is 0 Å². The van der Waals surface area contributed by atoms with Gasteiger partial charge in [0, 0.05) is 31.4 Å². The lowest BCUT2D eigenvalue weighted by atomic mass is 10.3. The molecule has 0 aliphatic heterocycles. The molecule has 0 spiro atoms. The number of hydrogen-bond donors (Lipinski definition) is 2. The summed E-state index contributed by atoms with van der Waals surface area (Å²) in [6.45, 7) is 0.210. The van der Waals surface area contributed by atoms with Gasteiger partial charge in [-0.25, -0.2) is 4.79 Å². The molecule has 6 heteroatoms. The van der Waals surface area contributed by atoms with E-state index < -0.39 is 5.97 Å². The summed E-state index contributed by atoms with van der Waals surface area (Å²) in [6.07, 6.45) is 1.77. The molecular weight excluding hydrogens is 260 g/mol. The molecule has 0 saturated heterocycles. The van der Waals surface area contributed by atoms with Crippen molar-refractivity contribution in [3.05, 3.63) is 24.3 Å². The van der Waals surface area contributed by atoms with Gasteiger partial charge in [-0.2, -0.15) is 0 Å². The van der Waals surface area contributed by atoms with Crippen LogP contribution in [0.5, 0.6) is 5.75 Å². The lowest BCUT2D eigenvalue weighted by Gasteiger charge is -2.28. The number of aromatic hydroxyl groups is 1. The summed E-state index contributed by atoms with van der Waals surface area (Å²) in [5, 5.41) is 18.2. The van der Waals surface area contributed by atoms with Crippen molar-refractivity contribution in [1.82, 2.24) is 4.90 Å². The van der Waals surface area contributed by atoms with Crippen LogP contribution in [-0.4, -0.2) is 46.7 Å². The first-order valence-corrected chi connectivity index (χ1v) is 6.54. The number of phenols is 1. The van der Waals surface area contributed by atoms with E-state index in [9.17, 15) is 14.7 Å². The molecule has 2 rings (SSSR count). The third-order valence-electron chi connectivity index (χ3n) is 3.30. The van der Waals surface area contributed by atoms with Crippen molar-refractivity contribution in [2.45, 2.75) is 25.3 Å². The zero-order valence-electron chi connectivity index (χ0n) is 11.3. The Kier molecular flexibility index (Phi) is 4.12. The fourth-order valence-electron chi connectivity index (χ4n) is 2.04. The van der Waals surface area contributed by atoms with Crippen LogP contribution in [0.1, 0.15) is 19.3 Å². The van der Waals surface area contributed by atoms with Crippen molar-refractivity contribution >= 4 is 17.7 Å². The zero-order valence-corrected chi connectivity index (χ0v) is 11.3. The number of hydrogen-bond acceptors (Lipinski definition) is 3. The number of nitrogens with zero attached hydrogens (tertiary/aromatic N) is 2. The number of carbonyl (C=O) groups excluding carboxylic acids is 1. The van der Waals surface area contributed by atoms with Crippen LogP contribution in [0.3, 0.4) is 0 Å². The van der Waals surface area contributed by atoms with E-state index in [4.69, 9.17) is 5.11 Å². The predicted molar refractivity (Wildman–Crippen MR) is 73.9 cm³/mol. The average molecular weight is 278 g/mol. The second kappa shape index (κ2) is 5.81. The number of anilines is 1. The Morgan fingerprint density at radius 2 is 2.05 bits per heavy atom. The molecule has 0 atom stereocenters. The molecule has 1 aliphatic rings. The molecule has 0 heterocycles. The molecular formula is C14H18N2O4. The van der Waals surface area contributed by atoms with Gasteiger partial charge in [-0.05, 0) is 25.0 Å². The normalized spacial score (nSPS) is 13.8. The summed E-state index contributed by atoms with van der Waals surface area (Å²) in [6, 6.07) is 6.32. The van der Waals surface area contributed by atoms with Crippen LogP contribution in [-0.2, 0) is 4.79 Å². The van der Waals surface area contributed by atoms with Gasteiger partial charge in [0.05, 0.1) is 6.42 Å². The molecule has 2 amide bonds. The highest BCUT2D eigenvalue weighted by Gasteiger charge is 2.34. The van der Waals surface area contributed by atoms with Gasteiger partial charge in [0.15, 0.2) is 0 Å². The van der Waals surface area contributed by atoms with Crippen molar-refractivity contribution in [2.75, 3.05) is 18.5 Å². The fourth-order valence-corrected chi connectivity index (χ4v) is 2.04. The molecule has 1 aromatic rings. The number of phenolic OH excluding ortho intramolecular Hbond substituents is 1. The Hall–Kier alpha value is -2.24. The number of carbonyl (C=O) groups is 2. The third kappa shape index (κ3) is 3.40. The number of urea groups is 1. The Balaban J connectivity index is 2.08. The molecule has 1 saturated carbocycles. The Morgan fingerprint density at radius 3 is 2.60 bits per heavy atom. The molecule has 20 heavy (non-hydrogen) atoms. The number of rotatable bonds is 5. The lowest BCUT2D eigenvalue weighted by molar-refractivity contribution is -0.137. The highest BCUT2D eigenvalue weighted by atomic mass is 16.4. The summed E-state index contributed by atoms with van der Waals surface area (Å²) >= 11 is 0. The second-order valence-electron chi connectivity index (χ2n) is 4.93. The highest BCUT2D eigenvalue weighted by molar-refractivity contribution is 5.92. The van der Waals surface area contributed by atoms with E-state index in [1.54, 1.807) is 24.1 Å². The van der Waals surface area contributed by atoms with Crippen molar-refractivity contribution in [2.24, 2.45) is 0 Å². The number of carboxylic acid groups (broad SMARTS) is 1. The van der Waals surface area contributed by atoms with Gasteiger partial charge in [-0.15, -0.1) is 0 Å². The first-order valence-electron chi connectivity index (χ1n) is 6.54. The summed E-state index contributed by atoms with van der Waals surface area (Å²) in [4.78, 5) is 26.1. The molecule has 0 bridgehead atoms. The van der Waals surface area contributed by atoms with Crippen LogP contribution in [0.2, 0.25) is 0 Å². The van der Waals surface area contributed by atoms with Crippen LogP contribution < -0.4 is 4.90 Å². The van der Waals surface area contributed by atoms with E-state index in [1.165, 1.54) is 17.0 Å². The maximum absolute atomic E-state index is 12.4. The summed E-state index contributed by atoms with van der Waals surface area (Å²) in [7, 11) is 1.62. The second-order valence-corrected chi connectivity index (χ2v) is 4.93. The van der Waals surface area contributed by atoms with Crippen molar-refractivity contribution in [3.8, 4) is 5.75 Å². The van der Waals surface area contributed by atoms with Gasteiger partial charge in [0.1, 0.15) is 5.75 Å². The fraction of sp³-hybridized carbons (Fsp3) is 0.429. The molecule has 1 aromatic carbocycles. The van der Waals surface area contributed by atoms with E-state index >= 15 is 0 Å². The van der Waals surface area contributed by atoms with Crippen LogP contribution in [0, 0.1) is 0 Å². The van der Waals surface area contributed by atoms with Gasteiger partial charge < -0.3 is 15.1 Å². The molecule has 0 aromatic heterocycles. The van der Waals surface area contributed by atoms with E-state index in [0.29, 0.717) is 5.69 Å². The van der Waals surface area contributed by atoms with Crippen LogP contribution >= 0.6 is 0 Å². The zero-order chi connectivity index (χ0) is 14.7. The number of carboxylic acids is 1. The smallest absolute Gasteiger partial charge is 0.324 e. The number of benzene rings is 1. The van der Waals surface area contributed by atoms with E-state index in [0.717, 1.165) is 12.8 Å². The van der Waals surface area contributed by atoms with Crippen LogP contribution in [0.25, 0.3) is 0 Å². The van der Waals surface area contributed by atoms with E-state index in [1.807, 2.05) is 0 Å². The molecule has 2 N–H and O–H groups in total. The largest absolute Gasteiger partial charge is 0.508 e. The first kappa shape index (κ1) is 14.2. The molecule has 6 nitrogen and oxygen atoms in total. The Bertz CT molecular complexity index is 514. The third-order valence-corrected chi connectivity index (χ3v) is 3.30. The van der Waals surface area contributed by atoms with Gasteiger partial charge in [-0.3, -0.25) is 9.69 Å². The molecule has 108 valence electrons. The quantitative estimate of drug-likeness (QED) is 0.861. The minimum absolute atomic E-state index is 0.0594. The molecule has 0 unspecified atom stereocenters. The number of aliphatic carboxylic acids is 1. The molecule has 1 fully saturated rings. The standard InChI is InChI=1S/C14H18N2O4/c1-15(11-3-2-4-12(17)9-11)14(20)16(10-5-6-10)8-7-13(18)19/h2-4,9-10,17H,5-8H2,1H3,(H,18,19). The summed E-state index contributed by atoms with van der Waals surface area (Å²) in [5.41, 5.74) is 0.580. The van der Waals surface area contributed by atoms with Gasteiger partial charge in [-0.1, -0.05) is 6.07 Å². The topological polar surface area (TPSA) is 81.1 Å². The Labute approximate surface area is 117 Å². The van der Waals surface area contributed by atoms with Crippen LogP contribution in [0.4, 0.5) is 10.5 Å². The first-order chi connectivity index (χ1) is 9.49. The monoisotopic (exact) mass is 278 g/mol. The van der Waals surface area contributed by atoms with Gasteiger partial charge >= 0.3 is 12.0 Å². The van der Waals surface area contributed by atoms with Crippen LogP contribution in [0.15, 0.2) is 24.3 Å². The Morgan fingerprint density at radius 1 is 1.35 bits per heavy atom. The maximum atomic E-state index is 12.4. The maximum Gasteiger partial charge on any atom is 0.324 e. The molecule has 1 aliphatic carbocycles. The summed E-state index contributed by atoms with van der Waals surface area (Å²) in [5.74, 6) is -0.825. The number of amides is 2.